The SMILES string of the molecule is COc1ccc(OCc2ccc(C(=O)Nc3c(C)noc3C)o2)cc1. The number of aromatic nitrogens is 1. The molecule has 0 radical (unpaired) electrons. The molecule has 0 aliphatic heterocycles. The Morgan fingerprint density at radius 2 is 1.84 bits per heavy atom. The smallest absolute Gasteiger partial charge is 0.291 e. The van der Waals surface area contributed by atoms with Crippen molar-refractivity contribution in [3.63, 3.8) is 0 Å². The molecule has 0 aliphatic carbocycles. The summed E-state index contributed by atoms with van der Waals surface area (Å²) in [5.74, 6) is 2.33. The van der Waals surface area contributed by atoms with Crippen molar-refractivity contribution in [3.8, 4) is 11.5 Å². The second kappa shape index (κ2) is 7.12. The maximum Gasteiger partial charge on any atom is 0.291 e. The Hall–Kier alpha value is -3.22. The predicted octanol–water partition coefficient (Wildman–Crippen LogP) is 3.72. The maximum atomic E-state index is 12.2. The number of furan rings is 1. The average molecular weight is 342 g/mol. The van der Waals surface area contributed by atoms with Gasteiger partial charge < -0.3 is 23.7 Å². The summed E-state index contributed by atoms with van der Waals surface area (Å²) >= 11 is 0. The van der Waals surface area contributed by atoms with Crippen LogP contribution in [0.4, 0.5) is 5.69 Å². The van der Waals surface area contributed by atoms with Crippen LogP contribution in [0, 0.1) is 13.8 Å². The Balaban J connectivity index is 1.60. The molecular formula is C18H18N2O5. The number of methoxy groups -OCH3 is 1. The lowest BCUT2D eigenvalue weighted by Crippen LogP contribution is -2.12. The first-order valence-electron chi connectivity index (χ1n) is 7.66. The summed E-state index contributed by atoms with van der Waals surface area (Å²) in [6.07, 6.45) is 0. The lowest BCUT2D eigenvalue weighted by Gasteiger charge is -2.05. The van der Waals surface area contributed by atoms with Crippen molar-refractivity contribution in [3.05, 3.63) is 59.4 Å². The van der Waals surface area contributed by atoms with Gasteiger partial charge in [-0.05, 0) is 50.2 Å². The van der Waals surface area contributed by atoms with Crippen LogP contribution in [-0.4, -0.2) is 18.2 Å². The second-order valence-electron chi connectivity index (χ2n) is 5.38. The van der Waals surface area contributed by atoms with Crippen molar-refractivity contribution in [1.29, 1.82) is 0 Å². The Kier molecular flexibility index (Phi) is 4.74. The van der Waals surface area contributed by atoms with E-state index in [-0.39, 0.29) is 18.3 Å². The zero-order valence-electron chi connectivity index (χ0n) is 14.2. The molecule has 1 N–H and O–H groups in total. The van der Waals surface area contributed by atoms with E-state index in [1.54, 1.807) is 57.4 Å². The van der Waals surface area contributed by atoms with Crippen LogP contribution in [0.15, 0.2) is 45.3 Å². The number of nitrogens with zero attached hydrogens (tertiary/aromatic N) is 1. The summed E-state index contributed by atoms with van der Waals surface area (Å²) < 4.78 is 21.3. The van der Waals surface area contributed by atoms with E-state index in [9.17, 15) is 4.79 Å². The maximum absolute atomic E-state index is 12.2. The fourth-order valence-corrected chi connectivity index (χ4v) is 2.24. The molecule has 1 aromatic carbocycles. The van der Waals surface area contributed by atoms with Crippen LogP contribution in [0.1, 0.15) is 27.8 Å². The third-order valence-electron chi connectivity index (χ3n) is 3.60. The Morgan fingerprint density at radius 1 is 1.12 bits per heavy atom. The molecule has 2 aromatic heterocycles. The lowest BCUT2D eigenvalue weighted by molar-refractivity contribution is 0.0992. The minimum Gasteiger partial charge on any atom is -0.497 e. The highest BCUT2D eigenvalue weighted by atomic mass is 16.5. The van der Waals surface area contributed by atoms with Gasteiger partial charge in [-0.3, -0.25) is 4.79 Å². The summed E-state index contributed by atoms with van der Waals surface area (Å²) in [5, 5.41) is 6.53. The van der Waals surface area contributed by atoms with E-state index in [0.717, 1.165) is 5.75 Å². The van der Waals surface area contributed by atoms with E-state index in [1.807, 2.05) is 0 Å². The molecule has 0 spiro atoms. The van der Waals surface area contributed by atoms with Gasteiger partial charge in [0.25, 0.3) is 5.91 Å². The van der Waals surface area contributed by atoms with Gasteiger partial charge in [-0.2, -0.15) is 0 Å². The highest BCUT2D eigenvalue weighted by molar-refractivity contribution is 6.02. The van der Waals surface area contributed by atoms with E-state index in [1.165, 1.54) is 0 Å². The summed E-state index contributed by atoms with van der Waals surface area (Å²) in [6, 6.07) is 10.5. The number of nitrogens with one attached hydrogen (secondary N) is 1. The number of amides is 1. The van der Waals surface area contributed by atoms with Gasteiger partial charge in [-0.1, -0.05) is 5.16 Å². The first kappa shape index (κ1) is 16.6. The number of rotatable bonds is 6. The Labute approximate surface area is 144 Å². The molecule has 7 nitrogen and oxygen atoms in total. The van der Waals surface area contributed by atoms with E-state index in [2.05, 4.69) is 10.5 Å². The van der Waals surface area contributed by atoms with Crippen LogP contribution >= 0.6 is 0 Å². The van der Waals surface area contributed by atoms with Crippen molar-refractivity contribution in [2.45, 2.75) is 20.5 Å². The fraction of sp³-hybridized carbons (Fsp3) is 0.222. The van der Waals surface area contributed by atoms with E-state index in [0.29, 0.717) is 28.7 Å². The molecule has 0 unspecified atom stereocenters. The molecule has 0 atom stereocenters. The van der Waals surface area contributed by atoms with Gasteiger partial charge in [0.1, 0.15) is 35.2 Å². The van der Waals surface area contributed by atoms with Gasteiger partial charge in [0.05, 0.1) is 7.11 Å². The molecule has 3 rings (SSSR count). The number of aryl methyl sites for hydroxylation is 2. The third-order valence-corrected chi connectivity index (χ3v) is 3.60. The Morgan fingerprint density at radius 3 is 2.48 bits per heavy atom. The number of carbonyl (C=O) groups excluding carboxylic acids is 1. The largest absolute Gasteiger partial charge is 0.497 e. The van der Waals surface area contributed by atoms with Crippen LogP contribution in [-0.2, 0) is 6.61 Å². The second-order valence-corrected chi connectivity index (χ2v) is 5.38. The number of hydrogen-bond acceptors (Lipinski definition) is 6. The number of anilines is 1. The minimum absolute atomic E-state index is 0.188. The van der Waals surface area contributed by atoms with E-state index >= 15 is 0 Å². The topological polar surface area (TPSA) is 86.7 Å². The van der Waals surface area contributed by atoms with E-state index < -0.39 is 0 Å². The molecular weight excluding hydrogens is 324 g/mol. The van der Waals surface area contributed by atoms with Crippen LogP contribution in [0.5, 0.6) is 11.5 Å². The fourth-order valence-electron chi connectivity index (χ4n) is 2.24. The summed E-state index contributed by atoms with van der Waals surface area (Å²) in [4.78, 5) is 12.2. The summed E-state index contributed by atoms with van der Waals surface area (Å²) in [5.41, 5.74) is 1.16. The average Bonchev–Trinajstić information content (AvgIpc) is 3.22. The highest BCUT2D eigenvalue weighted by Crippen LogP contribution is 2.21. The van der Waals surface area contributed by atoms with Crippen LogP contribution in [0.2, 0.25) is 0 Å². The molecule has 0 fully saturated rings. The van der Waals surface area contributed by atoms with Crippen molar-refractivity contribution in [2.24, 2.45) is 0 Å². The van der Waals surface area contributed by atoms with Gasteiger partial charge in [0.15, 0.2) is 11.5 Å². The lowest BCUT2D eigenvalue weighted by atomic mass is 10.3. The zero-order chi connectivity index (χ0) is 17.8. The quantitative estimate of drug-likeness (QED) is 0.734. The molecule has 1 amide bonds. The number of ether oxygens (including phenoxy) is 2. The first-order chi connectivity index (χ1) is 12.1. The van der Waals surface area contributed by atoms with Crippen molar-refractivity contribution >= 4 is 11.6 Å². The molecule has 0 saturated heterocycles. The number of benzene rings is 1. The Bertz CT molecular complexity index is 844. The normalized spacial score (nSPS) is 10.5. The van der Waals surface area contributed by atoms with Crippen LogP contribution in [0.25, 0.3) is 0 Å². The van der Waals surface area contributed by atoms with Crippen LogP contribution in [0.3, 0.4) is 0 Å². The van der Waals surface area contributed by atoms with Gasteiger partial charge in [0.2, 0.25) is 0 Å². The van der Waals surface area contributed by atoms with Gasteiger partial charge in [-0.25, -0.2) is 0 Å². The monoisotopic (exact) mass is 342 g/mol. The van der Waals surface area contributed by atoms with Crippen molar-refractivity contribution < 1.29 is 23.2 Å². The van der Waals surface area contributed by atoms with Gasteiger partial charge >= 0.3 is 0 Å². The van der Waals surface area contributed by atoms with Gasteiger partial charge in [-0.15, -0.1) is 0 Å². The van der Waals surface area contributed by atoms with Crippen LogP contribution < -0.4 is 14.8 Å². The molecule has 2 heterocycles. The molecule has 0 bridgehead atoms. The van der Waals surface area contributed by atoms with Crippen molar-refractivity contribution in [1.82, 2.24) is 5.16 Å². The number of hydrogen-bond donors (Lipinski definition) is 1. The third kappa shape index (κ3) is 3.82. The molecule has 25 heavy (non-hydrogen) atoms. The van der Waals surface area contributed by atoms with Crippen molar-refractivity contribution in [2.75, 3.05) is 12.4 Å². The summed E-state index contributed by atoms with van der Waals surface area (Å²) in [6.45, 7) is 3.69. The van der Waals surface area contributed by atoms with Gasteiger partial charge in [0, 0.05) is 0 Å². The standard InChI is InChI=1S/C18H18N2O5/c1-11-17(12(2)25-20-11)19-18(21)16-9-8-15(24-16)10-23-14-6-4-13(22-3)5-7-14/h4-9H,10H2,1-3H3,(H,19,21). The highest BCUT2D eigenvalue weighted by Gasteiger charge is 2.16. The summed E-state index contributed by atoms with van der Waals surface area (Å²) in [7, 11) is 1.61. The minimum atomic E-state index is -0.370. The molecule has 3 aromatic rings. The first-order valence-corrected chi connectivity index (χ1v) is 7.66. The zero-order valence-corrected chi connectivity index (χ0v) is 14.2. The molecule has 0 aliphatic rings. The van der Waals surface area contributed by atoms with E-state index in [4.69, 9.17) is 18.4 Å². The molecule has 0 saturated carbocycles. The molecule has 7 heteroatoms. The number of carbonyl (C=O) groups is 1. The predicted molar refractivity (Wildman–Crippen MR) is 90.0 cm³/mol. The molecule has 130 valence electrons.